The quantitative estimate of drug-likeness (QED) is 0.252. The molecule has 3 N–H and O–H groups in total. The monoisotopic (exact) mass is 593 g/mol. The summed E-state index contributed by atoms with van der Waals surface area (Å²) in [7, 11) is 0. The second kappa shape index (κ2) is 13.4. The predicted octanol–water partition coefficient (Wildman–Crippen LogP) is 2.40. The molecule has 11 nitrogen and oxygen atoms in total. The van der Waals surface area contributed by atoms with Gasteiger partial charge < -0.3 is 25.2 Å². The summed E-state index contributed by atoms with van der Waals surface area (Å²) in [5.41, 5.74) is 0.0850. The zero-order chi connectivity index (χ0) is 30.6. The Morgan fingerprint density at radius 2 is 1.67 bits per heavy atom. The van der Waals surface area contributed by atoms with Crippen LogP contribution in [0.5, 0.6) is 0 Å². The van der Waals surface area contributed by atoms with Gasteiger partial charge in [-0.25, -0.2) is 0 Å². The number of benzene rings is 1. The number of Topliss-reactive ketones (excluding diaryl/α,β-unsaturated/α-hetero) is 1. The molecule has 1 aromatic heterocycles. The number of aromatic nitrogens is 1. The van der Waals surface area contributed by atoms with Crippen LogP contribution in [0.15, 0.2) is 40.9 Å². The summed E-state index contributed by atoms with van der Waals surface area (Å²) in [5.74, 6) is -0.496. The molecule has 5 rings (SSSR count). The molecule has 2 aromatic rings. The predicted molar refractivity (Wildman–Crippen MR) is 158 cm³/mol. The maximum atomic E-state index is 13.7. The van der Waals surface area contributed by atoms with Crippen LogP contribution in [0, 0.1) is 11.8 Å². The molecule has 11 heteroatoms. The Labute approximate surface area is 252 Å². The minimum atomic E-state index is -0.959. The van der Waals surface area contributed by atoms with Crippen molar-refractivity contribution in [1.82, 2.24) is 26.0 Å². The van der Waals surface area contributed by atoms with Gasteiger partial charge >= 0.3 is 0 Å². The van der Waals surface area contributed by atoms with E-state index in [-0.39, 0.29) is 23.8 Å². The van der Waals surface area contributed by atoms with E-state index >= 15 is 0 Å². The van der Waals surface area contributed by atoms with Crippen LogP contribution in [0.25, 0.3) is 0 Å². The number of hydrogen-bond donors (Lipinski definition) is 3. The Balaban J connectivity index is 1.28. The average molecular weight is 594 g/mol. The fourth-order valence-corrected chi connectivity index (χ4v) is 5.33. The Morgan fingerprint density at radius 1 is 1.00 bits per heavy atom. The first-order chi connectivity index (χ1) is 20.6. The first-order valence-corrected chi connectivity index (χ1v) is 15.4. The summed E-state index contributed by atoms with van der Waals surface area (Å²) in [6, 6.07) is 8.44. The number of rotatable bonds is 16. The minimum absolute atomic E-state index is 0.119. The first-order valence-electron chi connectivity index (χ1n) is 15.4. The SMILES string of the molecule is CC(C)C[C@H](NC(=O)[C@H](Cc1ccccc1)NC(=O)[C@H](CC1CC1)NC(=O)c1cc(CN2CCC2)on1)C(=O)[C@]1(C)CO1. The zero-order valence-corrected chi connectivity index (χ0v) is 25.3. The second-order valence-electron chi connectivity index (χ2n) is 12.8. The number of carbonyl (C=O) groups is 4. The van der Waals surface area contributed by atoms with E-state index in [0.29, 0.717) is 37.7 Å². The normalized spacial score (nSPS) is 21.8. The van der Waals surface area contributed by atoms with Gasteiger partial charge in [0.25, 0.3) is 5.91 Å². The highest BCUT2D eigenvalue weighted by Gasteiger charge is 2.50. The van der Waals surface area contributed by atoms with Gasteiger partial charge in [0, 0.05) is 12.5 Å². The molecule has 43 heavy (non-hydrogen) atoms. The standard InChI is InChI=1S/C32H43N5O6/c1-20(2)14-24(28(38)32(3)19-42-32)33-29(39)25(15-21-8-5-4-6-9-21)34-30(40)26(16-22-10-11-22)35-31(41)27-17-23(43-36-27)18-37-12-7-13-37/h4-6,8-9,17,20,22,24-26H,7,10-16,18-19H2,1-3H3,(H,33,39)(H,34,40)(H,35,41)/t24-,25-,26-,32-/m0/s1. The molecule has 3 heterocycles. The molecule has 2 aliphatic heterocycles. The third-order valence-corrected chi connectivity index (χ3v) is 8.36. The molecule has 0 unspecified atom stereocenters. The lowest BCUT2D eigenvalue weighted by molar-refractivity contribution is -0.133. The molecule has 3 fully saturated rings. The molecule has 1 aromatic carbocycles. The van der Waals surface area contributed by atoms with Gasteiger partial charge in [-0.15, -0.1) is 0 Å². The molecule has 2 saturated heterocycles. The number of ether oxygens (including phenoxy) is 1. The number of epoxide rings is 1. The van der Waals surface area contributed by atoms with Gasteiger partial charge in [-0.3, -0.25) is 24.1 Å². The van der Waals surface area contributed by atoms with E-state index < -0.39 is 41.4 Å². The molecule has 3 aliphatic rings. The van der Waals surface area contributed by atoms with Crippen LogP contribution in [-0.4, -0.2) is 77.0 Å². The summed E-state index contributed by atoms with van der Waals surface area (Å²) < 4.78 is 10.7. The minimum Gasteiger partial charge on any atom is -0.361 e. The molecule has 0 bridgehead atoms. The van der Waals surface area contributed by atoms with Crippen molar-refractivity contribution in [1.29, 1.82) is 0 Å². The number of ketones is 1. The molecule has 3 amide bonds. The van der Waals surface area contributed by atoms with E-state index in [1.165, 1.54) is 0 Å². The van der Waals surface area contributed by atoms with Gasteiger partial charge in [-0.05, 0) is 56.7 Å². The number of nitrogens with zero attached hydrogens (tertiary/aromatic N) is 2. The lowest BCUT2D eigenvalue weighted by atomic mass is 9.93. The number of nitrogens with one attached hydrogen (secondary N) is 3. The highest BCUT2D eigenvalue weighted by Crippen LogP contribution is 2.34. The van der Waals surface area contributed by atoms with Gasteiger partial charge in [0.1, 0.15) is 17.7 Å². The van der Waals surface area contributed by atoms with E-state index in [9.17, 15) is 19.2 Å². The molecule has 1 aliphatic carbocycles. The van der Waals surface area contributed by atoms with Crippen molar-refractivity contribution in [3.05, 3.63) is 53.4 Å². The highest BCUT2D eigenvalue weighted by atomic mass is 16.6. The van der Waals surface area contributed by atoms with Crippen molar-refractivity contribution in [2.75, 3.05) is 19.7 Å². The van der Waals surface area contributed by atoms with Crippen LogP contribution in [0.2, 0.25) is 0 Å². The zero-order valence-electron chi connectivity index (χ0n) is 25.3. The number of likely N-dealkylation sites (tertiary alicyclic amines) is 1. The third kappa shape index (κ3) is 8.51. The maximum Gasteiger partial charge on any atom is 0.274 e. The fourth-order valence-electron chi connectivity index (χ4n) is 5.33. The number of hydrogen-bond acceptors (Lipinski definition) is 8. The Morgan fingerprint density at radius 3 is 2.28 bits per heavy atom. The summed E-state index contributed by atoms with van der Waals surface area (Å²) >= 11 is 0. The number of carbonyl (C=O) groups excluding carboxylic acids is 4. The van der Waals surface area contributed by atoms with Gasteiger partial charge in [0.05, 0.1) is 19.2 Å². The van der Waals surface area contributed by atoms with Gasteiger partial charge in [0.15, 0.2) is 17.2 Å². The molecular formula is C32H43N5O6. The van der Waals surface area contributed by atoms with Crippen molar-refractivity contribution in [2.45, 2.75) is 89.6 Å². The van der Waals surface area contributed by atoms with Crippen molar-refractivity contribution in [2.24, 2.45) is 11.8 Å². The van der Waals surface area contributed by atoms with Crippen LogP contribution >= 0.6 is 0 Å². The van der Waals surface area contributed by atoms with Crippen LogP contribution < -0.4 is 16.0 Å². The van der Waals surface area contributed by atoms with Gasteiger partial charge in [-0.1, -0.05) is 62.2 Å². The third-order valence-electron chi connectivity index (χ3n) is 8.36. The summed E-state index contributed by atoms with van der Waals surface area (Å²) in [6.07, 6.45) is 4.25. The van der Waals surface area contributed by atoms with Crippen LogP contribution in [0.4, 0.5) is 0 Å². The van der Waals surface area contributed by atoms with E-state index in [4.69, 9.17) is 9.26 Å². The van der Waals surface area contributed by atoms with Crippen molar-refractivity contribution < 1.29 is 28.4 Å². The smallest absolute Gasteiger partial charge is 0.274 e. The molecule has 0 radical (unpaired) electrons. The van der Waals surface area contributed by atoms with Crippen LogP contribution in [0.3, 0.4) is 0 Å². The average Bonchev–Trinajstić information content (AvgIpc) is 3.87. The van der Waals surface area contributed by atoms with E-state index in [1.807, 2.05) is 44.2 Å². The second-order valence-corrected chi connectivity index (χ2v) is 12.8. The van der Waals surface area contributed by atoms with E-state index in [0.717, 1.165) is 37.9 Å². The highest BCUT2D eigenvalue weighted by molar-refractivity contribution is 5.99. The Bertz CT molecular complexity index is 1300. The molecule has 1 saturated carbocycles. The topological polar surface area (TPSA) is 146 Å². The van der Waals surface area contributed by atoms with E-state index in [2.05, 4.69) is 26.0 Å². The Hall–Kier alpha value is -3.57. The number of amides is 3. The van der Waals surface area contributed by atoms with Crippen LogP contribution in [-0.2, 0) is 32.1 Å². The van der Waals surface area contributed by atoms with Crippen molar-refractivity contribution in [3.63, 3.8) is 0 Å². The molecule has 232 valence electrons. The molecule has 4 atom stereocenters. The maximum absolute atomic E-state index is 13.7. The van der Waals surface area contributed by atoms with Gasteiger partial charge in [0.2, 0.25) is 11.8 Å². The Kier molecular flexibility index (Phi) is 9.61. The van der Waals surface area contributed by atoms with Crippen molar-refractivity contribution in [3.8, 4) is 0 Å². The largest absolute Gasteiger partial charge is 0.361 e. The summed E-state index contributed by atoms with van der Waals surface area (Å²) in [4.78, 5) is 55.9. The van der Waals surface area contributed by atoms with E-state index in [1.54, 1.807) is 13.0 Å². The van der Waals surface area contributed by atoms with Crippen molar-refractivity contribution >= 4 is 23.5 Å². The summed E-state index contributed by atoms with van der Waals surface area (Å²) in [6.45, 7) is 8.60. The van der Waals surface area contributed by atoms with Crippen LogP contribution in [0.1, 0.15) is 74.7 Å². The van der Waals surface area contributed by atoms with Gasteiger partial charge in [-0.2, -0.15) is 0 Å². The fraction of sp³-hybridized carbons (Fsp3) is 0.594. The first kappa shape index (κ1) is 30.9. The molecule has 0 spiro atoms. The molecular weight excluding hydrogens is 550 g/mol. The summed E-state index contributed by atoms with van der Waals surface area (Å²) in [5, 5.41) is 12.6. The lowest BCUT2D eigenvalue weighted by Crippen LogP contribution is -2.57. The lowest BCUT2D eigenvalue weighted by Gasteiger charge is -2.29.